The molecule has 0 radical (unpaired) electrons. The Morgan fingerprint density at radius 3 is 2.59 bits per heavy atom. The van der Waals surface area contributed by atoms with Crippen molar-refractivity contribution in [2.45, 2.75) is 6.42 Å². The van der Waals surface area contributed by atoms with Crippen LogP contribution in [-0.2, 0) is 15.6 Å². The number of anilines is 1. The van der Waals surface area contributed by atoms with Crippen LogP contribution in [0.2, 0.25) is 0 Å². The van der Waals surface area contributed by atoms with E-state index in [2.05, 4.69) is 5.32 Å². The topological polar surface area (TPSA) is 72.2 Å². The molecule has 0 spiro atoms. The fraction of sp³-hybridized carbons (Fsp3) is 0.364. The Bertz CT molecular complexity index is 395. The molecule has 1 rings (SSSR count). The summed E-state index contributed by atoms with van der Waals surface area (Å²) < 4.78 is 24.0. The van der Waals surface area contributed by atoms with E-state index in [9.17, 15) is 13.4 Å². The van der Waals surface area contributed by atoms with Crippen molar-refractivity contribution in [1.29, 1.82) is 0 Å². The molecule has 1 amide bonds. The molecule has 0 aliphatic carbocycles. The first kappa shape index (κ1) is 13.8. The first-order valence-electron chi connectivity index (χ1n) is 5.22. The predicted octanol–water partition coefficient (Wildman–Crippen LogP) is 0.862. The van der Waals surface area contributed by atoms with Gasteiger partial charge in [0.1, 0.15) is 11.6 Å². The molecule has 4 nitrogen and oxygen atoms in total. The van der Waals surface area contributed by atoms with Crippen LogP contribution in [-0.4, -0.2) is 28.2 Å². The molecule has 0 bridgehead atoms. The van der Waals surface area contributed by atoms with Gasteiger partial charge in [0.05, 0.1) is 0 Å². The molecule has 94 valence electrons. The highest BCUT2D eigenvalue weighted by Crippen LogP contribution is 2.08. The van der Waals surface area contributed by atoms with Gasteiger partial charge in [-0.2, -0.15) is 0 Å². The minimum Gasteiger partial charge on any atom is -0.330 e. The maximum absolute atomic E-state index is 12.6. The number of hydrogen-bond donors (Lipinski definition) is 2. The van der Waals surface area contributed by atoms with Crippen molar-refractivity contribution in [2.24, 2.45) is 5.73 Å². The van der Waals surface area contributed by atoms with Gasteiger partial charge in [0.25, 0.3) is 0 Å². The number of amides is 1. The van der Waals surface area contributed by atoms with E-state index in [0.29, 0.717) is 24.4 Å². The molecule has 3 N–H and O–H groups in total. The summed E-state index contributed by atoms with van der Waals surface area (Å²) in [5.74, 6) is -0.341. The first-order valence-corrected chi connectivity index (χ1v) is 6.71. The van der Waals surface area contributed by atoms with Crippen LogP contribution < -0.4 is 11.1 Å². The Hall–Kier alpha value is -1.27. The molecule has 6 heteroatoms. The Labute approximate surface area is 102 Å². The van der Waals surface area contributed by atoms with E-state index < -0.39 is 10.8 Å². The van der Waals surface area contributed by atoms with Crippen molar-refractivity contribution in [1.82, 2.24) is 0 Å². The monoisotopic (exact) mass is 258 g/mol. The Balaban J connectivity index is 2.39. The summed E-state index contributed by atoms with van der Waals surface area (Å²) in [6.07, 6.45) is 0.635. The lowest BCUT2D eigenvalue weighted by atomic mass is 10.3. The highest BCUT2D eigenvalue weighted by Gasteiger charge is 2.07. The van der Waals surface area contributed by atoms with E-state index >= 15 is 0 Å². The highest BCUT2D eigenvalue weighted by molar-refractivity contribution is 7.85. The zero-order valence-electron chi connectivity index (χ0n) is 9.32. The van der Waals surface area contributed by atoms with Crippen molar-refractivity contribution in [3.8, 4) is 0 Å². The molecular weight excluding hydrogens is 243 g/mol. The number of carbonyl (C=O) groups is 1. The second-order valence-electron chi connectivity index (χ2n) is 3.49. The second-order valence-corrected chi connectivity index (χ2v) is 5.06. The van der Waals surface area contributed by atoms with Crippen molar-refractivity contribution in [2.75, 3.05) is 23.4 Å². The van der Waals surface area contributed by atoms with Crippen molar-refractivity contribution in [3.63, 3.8) is 0 Å². The molecule has 0 heterocycles. The summed E-state index contributed by atoms with van der Waals surface area (Å²) in [5.41, 5.74) is 5.77. The Morgan fingerprint density at radius 1 is 1.35 bits per heavy atom. The van der Waals surface area contributed by atoms with Gasteiger partial charge in [-0.25, -0.2) is 4.39 Å². The summed E-state index contributed by atoms with van der Waals surface area (Å²) >= 11 is 0. The van der Waals surface area contributed by atoms with Crippen LogP contribution in [0.3, 0.4) is 0 Å². The molecule has 0 saturated carbocycles. The molecule has 17 heavy (non-hydrogen) atoms. The number of halogens is 1. The third-order valence-corrected chi connectivity index (χ3v) is 3.32. The van der Waals surface area contributed by atoms with Crippen molar-refractivity contribution in [3.05, 3.63) is 30.1 Å². The minimum atomic E-state index is -1.19. The van der Waals surface area contributed by atoms with Gasteiger partial charge in [-0.15, -0.1) is 0 Å². The number of nitrogens with one attached hydrogen (secondary N) is 1. The lowest BCUT2D eigenvalue weighted by Gasteiger charge is -2.04. The maximum Gasteiger partial charge on any atom is 0.236 e. The SMILES string of the molecule is NCCCS(=O)CC(=O)Nc1ccc(F)cc1. The Kier molecular flexibility index (Phi) is 5.79. The standard InChI is InChI=1S/C11H15FN2O2S/c12-9-2-4-10(5-3-9)14-11(15)8-17(16)7-1-6-13/h2-5H,1,6-8,13H2,(H,14,15). The average molecular weight is 258 g/mol. The van der Waals surface area contributed by atoms with Crippen LogP contribution >= 0.6 is 0 Å². The van der Waals surface area contributed by atoms with Gasteiger partial charge in [-0.05, 0) is 37.2 Å². The highest BCUT2D eigenvalue weighted by atomic mass is 32.2. The fourth-order valence-electron chi connectivity index (χ4n) is 1.19. The van der Waals surface area contributed by atoms with E-state index in [1.54, 1.807) is 0 Å². The van der Waals surface area contributed by atoms with Crippen molar-refractivity contribution < 1.29 is 13.4 Å². The third kappa shape index (κ3) is 5.55. The van der Waals surface area contributed by atoms with E-state index in [1.807, 2.05) is 0 Å². The van der Waals surface area contributed by atoms with Crippen LogP contribution in [0.1, 0.15) is 6.42 Å². The van der Waals surface area contributed by atoms with Crippen molar-refractivity contribution >= 4 is 22.4 Å². The van der Waals surface area contributed by atoms with Gasteiger partial charge in [-0.1, -0.05) is 0 Å². The molecular formula is C11H15FN2O2S. The van der Waals surface area contributed by atoms with Gasteiger partial charge < -0.3 is 11.1 Å². The summed E-state index contributed by atoms with van der Waals surface area (Å²) in [7, 11) is -1.19. The molecule has 1 aromatic rings. The largest absolute Gasteiger partial charge is 0.330 e. The number of rotatable bonds is 6. The molecule has 0 fully saturated rings. The van der Waals surface area contributed by atoms with Crippen LogP contribution in [0.5, 0.6) is 0 Å². The lowest BCUT2D eigenvalue weighted by Crippen LogP contribution is -2.21. The molecule has 1 aromatic carbocycles. The van der Waals surface area contributed by atoms with Gasteiger partial charge in [-0.3, -0.25) is 9.00 Å². The zero-order chi connectivity index (χ0) is 12.7. The van der Waals surface area contributed by atoms with Gasteiger partial charge in [0.2, 0.25) is 5.91 Å². The Morgan fingerprint density at radius 2 is 2.00 bits per heavy atom. The van der Waals surface area contributed by atoms with E-state index in [4.69, 9.17) is 5.73 Å². The molecule has 0 aromatic heterocycles. The smallest absolute Gasteiger partial charge is 0.236 e. The second kappa shape index (κ2) is 7.13. The third-order valence-electron chi connectivity index (χ3n) is 2.00. The molecule has 0 aliphatic rings. The van der Waals surface area contributed by atoms with Crippen LogP contribution in [0, 0.1) is 5.82 Å². The number of benzene rings is 1. The van der Waals surface area contributed by atoms with Crippen LogP contribution in [0.15, 0.2) is 24.3 Å². The predicted molar refractivity (Wildman–Crippen MR) is 66.6 cm³/mol. The normalized spacial score (nSPS) is 12.1. The first-order chi connectivity index (χ1) is 8.11. The molecule has 0 aliphatic heterocycles. The molecule has 1 atom stereocenters. The van der Waals surface area contributed by atoms with Crippen LogP contribution in [0.25, 0.3) is 0 Å². The van der Waals surface area contributed by atoms with E-state index in [1.165, 1.54) is 24.3 Å². The van der Waals surface area contributed by atoms with Gasteiger partial charge >= 0.3 is 0 Å². The van der Waals surface area contributed by atoms with Gasteiger partial charge in [0.15, 0.2) is 0 Å². The summed E-state index contributed by atoms with van der Waals surface area (Å²) in [5, 5.41) is 2.55. The maximum atomic E-state index is 12.6. The van der Waals surface area contributed by atoms with E-state index in [-0.39, 0.29) is 17.5 Å². The molecule has 0 saturated heterocycles. The van der Waals surface area contributed by atoms with Gasteiger partial charge in [0, 0.05) is 22.2 Å². The number of hydrogen-bond acceptors (Lipinski definition) is 3. The molecule has 1 unspecified atom stereocenters. The fourth-order valence-corrected chi connectivity index (χ4v) is 2.19. The zero-order valence-corrected chi connectivity index (χ0v) is 10.1. The quantitative estimate of drug-likeness (QED) is 0.795. The lowest BCUT2D eigenvalue weighted by molar-refractivity contribution is -0.113. The van der Waals surface area contributed by atoms with E-state index in [0.717, 1.165) is 0 Å². The minimum absolute atomic E-state index is 0.0582. The number of nitrogens with two attached hydrogens (primary N) is 1. The summed E-state index contributed by atoms with van der Waals surface area (Å²) in [6, 6.07) is 5.41. The summed E-state index contributed by atoms with van der Waals surface area (Å²) in [4.78, 5) is 11.4. The van der Waals surface area contributed by atoms with Crippen LogP contribution in [0.4, 0.5) is 10.1 Å². The number of carbonyl (C=O) groups excluding carboxylic acids is 1. The summed E-state index contributed by atoms with van der Waals surface area (Å²) in [6.45, 7) is 0.464. The average Bonchev–Trinajstić information content (AvgIpc) is 2.29.